The third-order valence-electron chi connectivity index (χ3n) is 3.74. The SMILES string of the molecule is Cl.NC(CCCC(F)(F)F)C(=O)NC12CC(C1)C2. The van der Waals surface area contributed by atoms with Crippen molar-refractivity contribution in [1.29, 1.82) is 0 Å². The van der Waals surface area contributed by atoms with Gasteiger partial charge in [0.25, 0.3) is 0 Å². The Labute approximate surface area is 110 Å². The normalized spacial score (nSPS) is 30.6. The quantitative estimate of drug-likeness (QED) is 0.813. The molecular weight excluding hydrogens is 269 g/mol. The van der Waals surface area contributed by atoms with Crippen LogP contribution in [-0.4, -0.2) is 23.7 Å². The number of hydrogen-bond donors (Lipinski definition) is 2. The van der Waals surface area contributed by atoms with Crippen LogP contribution in [0.4, 0.5) is 13.2 Å². The molecule has 0 aromatic carbocycles. The molecule has 106 valence electrons. The van der Waals surface area contributed by atoms with Gasteiger partial charge in [0, 0.05) is 12.0 Å². The minimum Gasteiger partial charge on any atom is -0.349 e. The lowest BCUT2D eigenvalue weighted by atomic mass is 9.50. The van der Waals surface area contributed by atoms with Gasteiger partial charge in [-0.3, -0.25) is 4.79 Å². The maximum atomic E-state index is 11.9. The summed E-state index contributed by atoms with van der Waals surface area (Å²) in [5.74, 6) is 0.446. The Morgan fingerprint density at radius 3 is 2.33 bits per heavy atom. The van der Waals surface area contributed by atoms with Gasteiger partial charge in [0.2, 0.25) is 5.91 Å². The first-order valence-corrected chi connectivity index (χ1v) is 5.94. The number of hydrogen-bond acceptors (Lipinski definition) is 2. The molecule has 3 aliphatic carbocycles. The van der Waals surface area contributed by atoms with E-state index < -0.39 is 18.6 Å². The van der Waals surface area contributed by atoms with E-state index in [1.54, 1.807) is 0 Å². The van der Waals surface area contributed by atoms with Crippen molar-refractivity contribution in [3.05, 3.63) is 0 Å². The molecule has 3 nitrogen and oxygen atoms in total. The molecule has 3 fully saturated rings. The van der Waals surface area contributed by atoms with E-state index in [2.05, 4.69) is 5.32 Å². The molecule has 3 aliphatic rings. The highest BCUT2D eigenvalue weighted by atomic mass is 35.5. The van der Waals surface area contributed by atoms with Gasteiger partial charge in [-0.05, 0) is 38.0 Å². The molecule has 7 heteroatoms. The summed E-state index contributed by atoms with van der Waals surface area (Å²) in [6, 6.07) is -0.814. The van der Waals surface area contributed by atoms with Crippen molar-refractivity contribution in [2.45, 2.75) is 56.3 Å². The van der Waals surface area contributed by atoms with E-state index in [4.69, 9.17) is 5.73 Å². The minimum absolute atomic E-state index is 0. The minimum atomic E-state index is -4.16. The van der Waals surface area contributed by atoms with E-state index in [9.17, 15) is 18.0 Å². The predicted molar refractivity (Wildman–Crippen MR) is 63.3 cm³/mol. The van der Waals surface area contributed by atoms with E-state index in [0.717, 1.165) is 25.2 Å². The number of carbonyl (C=O) groups is 1. The van der Waals surface area contributed by atoms with Gasteiger partial charge in [0.05, 0.1) is 6.04 Å². The lowest BCUT2D eigenvalue weighted by Crippen LogP contribution is -2.69. The fourth-order valence-corrected chi connectivity index (χ4v) is 2.64. The van der Waals surface area contributed by atoms with Crippen LogP contribution in [0.1, 0.15) is 38.5 Å². The van der Waals surface area contributed by atoms with Gasteiger partial charge >= 0.3 is 6.18 Å². The molecule has 18 heavy (non-hydrogen) atoms. The van der Waals surface area contributed by atoms with E-state index in [1.807, 2.05) is 0 Å². The summed E-state index contributed by atoms with van der Waals surface area (Å²) in [6.45, 7) is 0. The molecule has 1 unspecified atom stereocenters. The van der Waals surface area contributed by atoms with Crippen LogP contribution >= 0.6 is 12.4 Å². The van der Waals surface area contributed by atoms with E-state index in [1.165, 1.54) is 0 Å². The van der Waals surface area contributed by atoms with Crippen LogP contribution in [-0.2, 0) is 4.79 Å². The number of halogens is 4. The number of rotatable bonds is 5. The van der Waals surface area contributed by atoms with Crippen LogP contribution < -0.4 is 11.1 Å². The van der Waals surface area contributed by atoms with Crippen molar-refractivity contribution in [2.24, 2.45) is 11.7 Å². The maximum Gasteiger partial charge on any atom is 0.389 e. The summed E-state index contributed by atoms with van der Waals surface area (Å²) < 4.78 is 35.7. The number of nitrogens with two attached hydrogens (primary N) is 1. The Hall–Kier alpha value is -0.490. The van der Waals surface area contributed by atoms with Crippen molar-refractivity contribution in [3.63, 3.8) is 0 Å². The standard InChI is InChI=1S/C11H17F3N2O.ClH/c12-11(13,14)3-1-2-8(15)9(17)16-10-4-7(5-10)6-10;/h7-8H,1-6,15H2,(H,16,17);1H. The summed E-state index contributed by atoms with van der Waals surface area (Å²) >= 11 is 0. The van der Waals surface area contributed by atoms with Crippen LogP contribution in [0, 0.1) is 5.92 Å². The molecule has 0 spiro atoms. The first-order valence-electron chi connectivity index (χ1n) is 5.94. The number of nitrogens with one attached hydrogen (secondary N) is 1. The molecule has 3 saturated carbocycles. The van der Waals surface area contributed by atoms with E-state index in [0.29, 0.717) is 0 Å². The Kier molecular flexibility index (Phi) is 4.54. The van der Waals surface area contributed by atoms with Gasteiger partial charge in [0.1, 0.15) is 0 Å². The fraction of sp³-hybridized carbons (Fsp3) is 0.909. The number of alkyl halides is 3. The third kappa shape index (κ3) is 3.51. The Balaban J connectivity index is 0.00000162. The van der Waals surface area contributed by atoms with E-state index in [-0.39, 0.29) is 36.7 Å². The summed E-state index contributed by atoms with van der Waals surface area (Å²) in [6.07, 6.45) is -2.01. The van der Waals surface area contributed by atoms with Gasteiger partial charge in [-0.25, -0.2) is 0 Å². The van der Waals surface area contributed by atoms with E-state index >= 15 is 0 Å². The largest absolute Gasteiger partial charge is 0.389 e. The molecule has 0 aromatic rings. The lowest BCUT2D eigenvalue weighted by Gasteiger charge is -2.62. The van der Waals surface area contributed by atoms with Gasteiger partial charge in [0.15, 0.2) is 0 Å². The highest BCUT2D eigenvalue weighted by Gasteiger charge is 2.57. The van der Waals surface area contributed by atoms with Crippen LogP contribution in [0.15, 0.2) is 0 Å². The first kappa shape index (κ1) is 15.6. The Morgan fingerprint density at radius 1 is 1.39 bits per heavy atom. The molecule has 1 amide bonds. The predicted octanol–water partition coefficient (Wildman–Crippen LogP) is 2.14. The second kappa shape index (κ2) is 5.25. The van der Waals surface area contributed by atoms with Gasteiger partial charge in [-0.15, -0.1) is 12.4 Å². The van der Waals surface area contributed by atoms with Crippen LogP contribution in [0.2, 0.25) is 0 Å². The molecule has 0 aliphatic heterocycles. The molecule has 2 bridgehead atoms. The highest BCUT2D eigenvalue weighted by molar-refractivity contribution is 5.85. The van der Waals surface area contributed by atoms with Gasteiger partial charge < -0.3 is 11.1 Å². The molecule has 0 heterocycles. The van der Waals surface area contributed by atoms with Crippen LogP contribution in [0.25, 0.3) is 0 Å². The zero-order valence-electron chi connectivity index (χ0n) is 9.93. The Morgan fingerprint density at radius 2 is 1.94 bits per heavy atom. The fourth-order valence-electron chi connectivity index (χ4n) is 2.64. The summed E-state index contributed by atoms with van der Waals surface area (Å²) in [5, 5.41) is 2.86. The van der Waals surface area contributed by atoms with Crippen molar-refractivity contribution < 1.29 is 18.0 Å². The molecule has 1 atom stereocenters. The molecule has 0 radical (unpaired) electrons. The molecule has 3 N–H and O–H groups in total. The molecular formula is C11H18ClF3N2O. The number of carbonyl (C=O) groups excluding carboxylic acids is 1. The average molecular weight is 287 g/mol. The number of amides is 1. The zero-order chi connectivity index (χ0) is 12.7. The maximum absolute atomic E-state index is 11.9. The van der Waals surface area contributed by atoms with Crippen LogP contribution in [0.5, 0.6) is 0 Å². The van der Waals surface area contributed by atoms with Crippen molar-refractivity contribution in [1.82, 2.24) is 5.32 Å². The van der Waals surface area contributed by atoms with Crippen molar-refractivity contribution >= 4 is 18.3 Å². The third-order valence-corrected chi connectivity index (χ3v) is 3.74. The zero-order valence-corrected chi connectivity index (χ0v) is 10.7. The summed E-state index contributed by atoms with van der Waals surface area (Å²) in [5.41, 5.74) is 5.52. The van der Waals surface area contributed by atoms with Crippen molar-refractivity contribution in [3.8, 4) is 0 Å². The second-order valence-electron chi connectivity index (χ2n) is 5.36. The average Bonchev–Trinajstić information content (AvgIpc) is 2.06. The molecule has 0 aromatic heterocycles. The lowest BCUT2D eigenvalue weighted by molar-refractivity contribution is -0.139. The molecule has 3 rings (SSSR count). The van der Waals surface area contributed by atoms with Gasteiger partial charge in [-0.1, -0.05) is 0 Å². The molecule has 0 saturated heterocycles. The van der Waals surface area contributed by atoms with Crippen LogP contribution in [0.3, 0.4) is 0 Å². The monoisotopic (exact) mass is 286 g/mol. The first-order chi connectivity index (χ1) is 7.80. The van der Waals surface area contributed by atoms with Gasteiger partial charge in [-0.2, -0.15) is 13.2 Å². The van der Waals surface area contributed by atoms with Crippen molar-refractivity contribution in [2.75, 3.05) is 0 Å². The summed E-state index contributed by atoms with van der Waals surface area (Å²) in [4.78, 5) is 11.6. The second-order valence-corrected chi connectivity index (χ2v) is 5.36. The smallest absolute Gasteiger partial charge is 0.349 e. The topological polar surface area (TPSA) is 55.1 Å². The Bertz CT molecular complexity index is 305. The summed E-state index contributed by atoms with van der Waals surface area (Å²) in [7, 11) is 0. The highest BCUT2D eigenvalue weighted by Crippen LogP contribution is 2.56.